The van der Waals surface area contributed by atoms with E-state index >= 15 is 0 Å². The zero-order valence-corrected chi connectivity index (χ0v) is 12.8. The summed E-state index contributed by atoms with van der Waals surface area (Å²) >= 11 is 0. The van der Waals surface area contributed by atoms with Gasteiger partial charge in [-0.3, -0.25) is 0 Å². The van der Waals surface area contributed by atoms with E-state index in [1.807, 2.05) is 13.1 Å². The van der Waals surface area contributed by atoms with E-state index in [0.717, 1.165) is 25.0 Å². The number of halogens is 1. The molecule has 1 aliphatic heterocycles. The molecular weight excluding hydrogens is 252 g/mol. The molecule has 18 heavy (non-hydrogen) atoms. The van der Waals surface area contributed by atoms with Crippen LogP contribution in [0.4, 0.5) is 0 Å². The Hall–Kier alpha value is -0.0651. The number of hydrogen-bond acceptors (Lipinski definition) is 4. The van der Waals surface area contributed by atoms with Crippen LogP contribution >= 0.6 is 12.4 Å². The van der Waals surface area contributed by atoms with Gasteiger partial charge in [-0.15, -0.1) is 12.4 Å². The smallest absolute Gasteiger partial charge is 0.423 e. The second-order valence-corrected chi connectivity index (χ2v) is 5.83. The fourth-order valence-corrected chi connectivity index (χ4v) is 1.51. The molecule has 0 aromatic carbocycles. The highest BCUT2D eigenvalue weighted by Gasteiger charge is 2.40. The first-order valence-electron chi connectivity index (χ1n) is 6.09. The third-order valence-electron chi connectivity index (χ3n) is 3.64. The van der Waals surface area contributed by atoms with Gasteiger partial charge < -0.3 is 19.7 Å². The van der Waals surface area contributed by atoms with Gasteiger partial charge in [0.25, 0.3) is 0 Å². The van der Waals surface area contributed by atoms with Crippen LogP contribution in [0.1, 0.15) is 34.1 Å². The Morgan fingerprint density at radius 3 is 2.28 bits per heavy atom. The lowest BCUT2D eigenvalue weighted by atomic mass is 9.73. The van der Waals surface area contributed by atoms with E-state index in [2.05, 4.69) is 4.90 Å². The highest BCUT2D eigenvalue weighted by molar-refractivity contribution is 6.52. The van der Waals surface area contributed by atoms with Gasteiger partial charge in [-0.25, -0.2) is 0 Å². The van der Waals surface area contributed by atoms with Crippen molar-refractivity contribution in [2.24, 2.45) is 0 Å². The summed E-state index contributed by atoms with van der Waals surface area (Å²) in [6.45, 7) is 8.69. The summed E-state index contributed by atoms with van der Waals surface area (Å²) in [7, 11) is 1.12. The minimum atomic E-state index is -1.00. The third-order valence-corrected chi connectivity index (χ3v) is 3.64. The van der Waals surface area contributed by atoms with Crippen LogP contribution in [0.5, 0.6) is 0 Å². The molecule has 0 bridgehead atoms. The Balaban J connectivity index is 0.00000289. The first-order chi connectivity index (χ1) is 7.63. The van der Waals surface area contributed by atoms with Gasteiger partial charge >= 0.3 is 7.12 Å². The van der Waals surface area contributed by atoms with E-state index in [-0.39, 0.29) is 12.4 Å². The summed E-state index contributed by atoms with van der Waals surface area (Å²) in [5.41, 5.74) is -0.892. The van der Waals surface area contributed by atoms with Gasteiger partial charge in [-0.2, -0.15) is 0 Å². The molecule has 106 valence electrons. The maximum Gasteiger partial charge on any atom is 0.487 e. The molecule has 0 atom stereocenters. The standard InChI is InChI=1S/C12H24BNO3.ClH/c1-11(2,15)12(3,4)17-13(16)10-6-8-14(5)9-7-10;/h6,15-16H,7-9H2,1-5H3;1H. The molecule has 0 saturated carbocycles. The maximum absolute atomic E-state index is 10.0. The normalized spacial score (nSPS) is 18.1. The maximum atomic E-state index is 10.0. The Bertz CT molecular complexity index is 302. The SMILES string of the molecule is CN1CC=C(B(O)OC(C)(C)C(C)(C)O)CC1.Cl. The molecule has 4 nitrogen and oxygen atoms in total. The van der Waals surface area contributed by atoms with E-state index in [4.69, 9.17) is 4.65 Å². The number of rotatable bonds is 4. The summed E-state index contributed by atoms with van der Waals surface area (Å²) in [6.07, 6.45) is 2.80. The first-order valence-corrected chi connectivity index (χ1v) is 6.09. The molecule has 0 aliphatic carbocycles. The minimum absolute atomic E-state index is 0. The predicted molar refractivity (Wildman–Crippen MR) is 76.9 cm³/mol. The van der Waals surface area contributed by atoms with Crippen LogP contribution in [0.15, 0.2) is 11.5 Å². The Labute approximate surface area is 117 Å². The van der Waals surface area contributed by atoms with Crippen molar-refractivity contribution in [3.05, 3.63) is 11.5 Å². The van der Waals surface area contributed by atoms with Gasteiger partial charge in [0.15, 0.2) is 0 Å². The first kappa shape index (κ1) is 17.9. The molecule has 1 aliphatic rings. The van der Waals surface area contributed by atoms with Gasteiger partial charge in [0.1, 0.15) is 0 Å². The summed E-state index contributed by atoms with van der Waals surface area (Å²) in [6, 6.07) is 0. The molecule has 2 N–H and O–H groups in total. The third kappa shape index (κ3) is 4.55. The molecule has 0 unspecified atom stereocenters. The average Bonchev–Trinajstić information content (AvgIpc) is 2.16. The van der Waals surface area contributed by atoms with E-state index in [9.17, 15) is 10.1 Å². The van der Waals surface area contributed by atoms with Crippen molar-refractivity contribution in [1.29, 1.82) is 0 Å². The van der Waals surface area contributed by atoms with Crippen molar-refractivity contribution in [1.82, 2.24) is 4.90 Å². The van der Waals surface area contributed by atoms with Gasteiger partial charge in [-0.05, 0) is 46.6 Å². The lowest BCUT2D eigenvalue weighted by molar-refractivity contribution is -0.0990. The number of likely N-dealkylation sites (N-methyl/N-ethyl adjacent to an activating group) is 1. The van der Waals surface area contributed by atoms with Crippen LogP contribution < -0.4 is 0 Å². The molecule has 0 spiro atoms. The fraction of sp³-hybridized carbons (Fsp3) is 0.833. The van der Waals surface area contributed by atoms with Gasteiger partial charge in [-0.1, -0.05) is 6.08 Å². The number of nitrogens with zero attached hydrogens (tertiary/aromatic N) is 1. The summed E-state index contributed by atoms with van der Waals surface area (Å²) in [4.78, 5) is 2.18. The summed E-state index contributed by atoms with van der Waals surface area (Å²) in [5.74, 6) is 0. The minimum Gasteiger partial charge on any atom is -0.423 e. The topological polar surface area (TPSA) is 52.9 Å². The van der Waals surface area contributed by atoms with Crippen molar-refractivity contribution in [2.45, 2.75) is 45.3 Å². The van der Waals surface area contributed by atoms with Crippen LogP contribution in [0.25, 0.3) is 0 Å². The summed E-state index contributed by atoms with van der Waals surface area (Å²) in [5, 5.41) is 20.0. The van der Waals surface area contributed by atoms with Crippen molar-refractivity contribution in [3.63, 3.8) is 0 Å². The van der Waals surface area contributed by atoms with Crippen LogP contribution in [0, 0.1) is 0 Å². The molecule has 0 saturated heterocycles. The van der Waals surface area contributed by atoms with Gasteiger partial charge in [0, 0.05) is 13.1 Å². The fourth-order valence-electron chi connectivity index (χ4n) is 1.51. The highest BCUT2D eigenvalue weighted by atomic mass is 35.5. The molecular formula is C12H25BClNO3. The number of aliphatic hydroxyl groups is 1. The van der Waals surface area contributed by atoms with Crippen LogP contribution in [0.3, 0.4) is 0 Å². The molecule has 0 amide bonds. The van der Waals surface area contributed by atoms with E-state index in [1.165, 1.54) is 0 Å². The van der Waals surface area contributed by atoms with Crippen molar-refractivity contribution in [3.8, 4) is 0 Å². The van der Waals surface area contributed by atoms with Crippen molar-refractivity contribution >= 4 is 19.5 Å². The van der Waals surface area contributed by atoms with Gasteiger partial charge in [0.05, 0.1) is 11.2 Å². The second-order valence-electron chi connectivity index (χ2n) is 5.83. The van der Waals surface area contributed by atoms with Crippen molar-refractivity contribution < 1.29 is 14.8 Å². The molecule has 0 aromatic heterocycles. The largest absolute Gasteiger partial charge is 0.487 e. The lowest BCUT2D eigenvalue weighted by Crippen LogP contribution is -2.51. The van der Waals surface area contributed by atoms with Gasteiger partial charge in [0.2, 0.25) is 0 Å². The average molecular weight is 278 g/mol. The second kappa shape index (κ2) is 6.39. The predicted octanol–water partition coefficient (Wildman–Crippen LogP) is 1.26. The zero-order valence-electron chi connectivity index (χ0n) is 11.9. The monoisotopic (exact) mass is 277 g/mol. The van der Waals surface area contributed by atoms with E-state index in [1.54, 1.807) is 27.7 Å². The van der Waals surface area contributed by atoms with Crippen molar-refractivity contribution in [2.75, 3.05) is 20.1 Å². The lowest BCUT2D eigenvalue weighted by Gasteiger charge is -2.39. The quantitative estimate of drug-likeness (QED) is 0.760. The highest BCUT2D eigenvalue weighted by Crippen LogP contribution is 2.27. The van der Waals surface area contributed by atoms with Crippen LogP contribution in [-0.2, 0) is 4.65 Å². The molecule has 0 fully saturated rings. The zero-order chi connectivity index (χ0) is 13.3. The Morgan fingerprint density at radius 2 is 1.89 bits per heavy atom. The molecule has 6 heteroatoms. The molecule has 1 rings (SSSR count). The van der Waals surface area contributed by atoms with Crippen LogP contribution in [-0.4, -0.2) is 53.5 Å². The Kier molecular flexibility index (Phi) is 6.37. The summed E-state index contributed by atoms with van der Waals surface area (Å²) < 4.78 is 5.60. The Morgan fingerprint density at radius 1 is 1.33 bits per heavy atom. The van der Waals surface area contributed by atoms with Crippen LogP contribution in [0.2, 0.25) is 0 Å². The van der Waals surface area contributed by atoms with E-state index < -0.39 is 18.3 Å². The molecule has 1 heterocycles. The molecule has 0 aromatic rings. The molecule has 0 radical (unpaired) electrons. The van der Waals surface area contributed by atoms with E-state index in [0.29, 0.717) is 0 Å². The number of hydrogen-bond donors (Lipinski definition) is 2.